The second-order valence-electron chi connectivity index (χ2n) is 7.44. The summed E-state index contributed by atoms with van der Waals surface area (Å²) in [4.78, 5) is 31.8. The molecule has 5 aromatic rings. The van der Waals surface area contributed by atoms with Crippen molar-refractivity contribution in [1.29, 1.82) is 0 Å². The lowest BCUT2D eigenvalue weighted by molar-refractivity contribution is -0.113. The highest BCUT2D eigenvalue weighted by Gasteiger charge is 2.19. The van der Waals surface area contributed by atoms with Crippen LogP contribution >= 0.6 is 23.1 Å². The van der Waals surface area contributed by atoms with Gasteiger partial charge in [-0.15, -0.1) is 11.3 Å². The standard InChI is InChI=1S/C25H21N3O4S2/c1-2-31-17-11-9-16(10-12-17)26-21(29)15-34-25-27-22-19-7-3-4-8-20(19)32-23(22)24(30)28(25)14-18-6-5-13-33-18/h3-13H,2,14-15H2,1H3,(H,26,29). The van der Waals surface area contributed by atoms with E-state index in [1.165, 1.54) is 11.8 Å². The first-order chi connectivity index (χ1) is 16.6. The summed E-state index contributed by atoms with van der Waals surface area (Å²) in [7, 11) is 0. The molecule has 1 amide bonds. The van der Waals surface area contributed by atoms with Crippen LogP contribution in [0.5, 0.6) is 5.75 Å². The summed E-state index contributed by atoms with van der Waals surface area (Å²) in [5.74, 6) is 0.659. The van der Waals surface area contributed by atoms with Crippen LogP contribution in [0.4, 0.5) is 5.69 Å². The van der Waals surface area contributed by atoms with Crippen molar-refractivity contribution in [3.05, 3.63) is 81.3 Å². The molecule has 0 saturated heterocycles. The fourth-order valence-corrected chi connectivity index (χ4v) is 5.07. The van der Waals surface area contributed by atoms with E-state index in [1.807, 2.05) is 60.8 Å². The van der Waals surface area contributed by atoms with E-state index in [-0.39, 0.29) is 22.8 Å². The van der Waals surface area contributed by atoms with E-state index >= 15 is 0 Å². The van der Waals surface area contributed by atoms with E-state index in [0.717, 1.165) is 16.0 Å². The summed E-state index contributed by atoms with van der Waals surface area (Å²) in [6, 6.07) is 18.5. The van der Waals surface area contributed by atoms with E-state index in [4.69, 9.17) is 14.1 Å². The van der Waals surface area contributed by atoms with Gasteiger partial charge in [0.25, 0.3) is 5.56 Å². The zero-order valence-corrected chi connectivity index (χ0v) is 19.9. The number of nitrogens with one attached hydrogen (secondary N) is 1. The first-order valence-corrected chi connectivity index (χ1v) is 12.6. The van der Waals surface area contributed by atoms with Gasteiger partial charge in [-0.25, -0.2) is 4.98 Å². The molecule has 34 heavy (non-hydrogen) atoms. The number of anilines is 1. The van der Waals surface area contributed by atoms with Crippen molar-refractivity contribution in [3.63, 3.8) is 0 Å². The number of hydrogen-bond donors (Lipinski definition) is 1. The van der Waals surface area contributed by atoms with Gasteiger partial charge in [0, 0.05) is 16.0 Å². The van der Waals surface area contributed by atoms with E-state index in [0.29, 0.717) is 35.1 Å². The third-order valence-electron chi connectivity index (χ3n) is 5.12. The zero-order chi connectivity index (χ0) is 23.5. The van der Waals surface area contributed by atoms with Crippen LogP contribution in [0.3, 0.4) is 0 Å². The molecule has 0 fully saturated rings. The smallest absolute Gasteiger partial charge is 0.298 e. The molecule has 9 heteroatoms. The fraction of sp³-hybridized carbons (Fsp3) is 0.160. The van der Waals surface area contributed by atoms with Crippen molar-refractivity contribution in [1.82, 2.24) is 9.55 Å². The number of nitrogens with zero attached hydrogens (tertiary/aromatic N) is 2. The van der Waals surface area contributed by atoms with Crippen LogP contribution in [0.1, 0.15) is 11.8 Å². The molecule has 1 N–H and O–H groups in total. The SMILES string of the molecule is CCOc1ccc(NC(=O)CSc2nc3c(oc4ccccc43)c(=O)n2Cc2cccs2)cc1. The van der Waals surface area contributed by atoms with Gasteiger partial charge in [0.15, 0.2) is 5.16 Å². The summed E-state index contributed by atoms with van der Waals surface area (Å²) >= 11 is 2.79. The van der Waals surface area contributed by atoms with Crippen LogP contribution in [0, 0.1) is 0 Å². The summed E-state index contributed by atoms with van der Waals surface area (Å²) in [6.07, 6.45) is 0. The molecule has 5 rings (SSSR count). The van der Waals surface area contributed by atoms with Crippen LogP contribution < -0.4 is 15.6 Å². The van der Waals surface area contributed by atoms with Gasteiger partial charge < -0.3 is 14.5 Å². The molecular weight excluding hydrogens is 470 g/mol. The van der Waals surface area contributed by atoms with Crippen LogP contribution in [-0.2, 0) is 11.3 Å². The Hall–Kier alpha value is -3.56. The largest absolute Gasteiger partial charge is 0.494 e. The van der Waals surface area contributed by atoms with Crippen LogP contribution in [0.15, 0.2) is 80.4 Å². The Balaban J connectivity index is 1.43. The maximum atomic E-state index is 13.4. The molecule has 0 aliphatic heterocycles. The van der Waals surface area contributed by atoms with Crippen molar-refractivity contribution >= 4 is 56.8 Å². The third-order valence-corrected chi connectivity index (χ3v) is 6.96. The number of benzene rings is 2. The van der Waals surface area contributed by atoms with Crippen LogP contribution in [0.2, 0.25) is 0 Å². The molecule has 3 heterocycles. The predicted octanol–water partition coefficient (Wildman–Crippen LogP) is 5.38. The molecule has 7 nitrogen and oxygen atoms in total. The number of thiophene rings is 1. The molecule has 3 aromatic heterocycles. The molecule has 2 aromatic carbocycles. The van der Waals surface area contributed by atoms with E-state index in [9.17, 15) is 9.59 Å². The Morgan fingerprint density at radius 3 is 2.74 bits per heavy atom. The van der Waals surface area contributed by atoms with Crippen LogP contribution in [0.25, 0.3) is 22.1 Å². The summed E-state index contributed by atoms with van der Waals surface area (Å²) in [6.45, 7) is 2.86. The minimum absolute atomic E-state index is 0.103. The number of carbonyl (C=O) groups excluding carboxylic acids is 1. The normalized spacial score (nSPS) is 11.2. The number of aromatic nitrogens is 2. The van der Waals surface area contributed by atoms with Gasteiger partial charge in [0.2, 0.25) is 11.5 Å². The van der Waals surface area contributed by atoms with Gasteiger partial charge in [-0.2, -0.15) is 0 Å². The fourth-order valence-electron chi connectivity index (χ4n) is 3.59. The summed E-state index contributed by atoms with van der Waals surface area (Å²) < 4.78 is 12.8. The minimum Gasteiger partial charge on any atom is -0.494 e. The Morgan fingerprint density at radius 1 is 1.15 bits per heavy atom. The van der Waals surface area contributed by atoms with Crippen molar-refractivity contribution in [2.45, 2.75) is 18.6 Å². The summed E-state index contributed by atoms with van der Waals surface area (Å²) in [5.41, 5.74) is 1.76. The van der Waals surface area contributed by atoms with Gasteiger partial charge in [-0.1, -0.05) is 30.0 Å². The van der Waals surface area contributed by atoms with Crippen molar-refractivity contribution < 1.29 is 13.9 Å². The molecule has 0 bridgehead atoms. The summed E-state index contributed by atoms with van der Waals surface area (Å²) in [5, 5.41) is 6.09. The van der Waals surface area contributed by atoms with Gasteiger partial charge in [-0.05, 0) is 54.8 Å². The molecule has 0 spiro atoms. The average molecular weight is 492 g/mol. The number of thioether (sulfide) groups is 1. The van der Waals surface area contributed by atoms with E-state index < -0.39 is 0 Å². The number of carbonyl (C=O) groups is 1. The number of fused-ring (bicyclic) bond motifs is 3. The topological polar surface area (TPSA) is 86.4 Å². The molecular formula is C25H21N3O4S2. The van der Waals surface area contributed by atoms with Crippen molar-refractivity contribution in [2.24, 2.45) is 0 Å². The number of furan rings is 1. The third kappa shape index (κ3) is 4.57. The molecule has 0 aliphatic rings. The number of hydrogen-bond acceptors (Lipinski definition) is 7. The Kier molecular flexibility index (Phi) is 6.37. The second kappa shape index (κ2) is 9.74. The first kappa shape index (κ1) is 22.2. The Bertz CT molecular complexity index is 1510. The molecule has 0 atom stereocenters. The lowest BCUT2D eigenvalue weighted by atomic mass is 10.2. The highest BCUT2D eigenvalue weighted by Crippen LogP contribution is 2.28. The number of para-hydroxylation sites is 1. The minimum atomic E-state index is -0.260. The number of amides is 1. The second-order valence-corrected chi connectivity index (χ2v) is 9.41. The zero-order valence-electron chi connectivity index (χ0n) is 18.3. The highest BCUT2D eigenvalue weighted by atomic mass is 32.2. The molecule has 0 saturated carbocycles. The molecule has 0 aliphatic carbocycles. The van der Waals surface area contributed by atoms with Crippen molar-refractivity contribution in [2.75, 3.05) is 17.7 Å². The van der Waals surface area contributed by atoms with Crippen molar-refractivity contribution in [3.8, 4) is 5.75 Å². The van der Waals surface area contributed by atoms with Crippen LogP contribution in [-0.4, -0.2) is 27.8 Å². The maximum Gasteiger partial charge on any atom is 0.298 e. The maximum absolute atomic E-state index is 13.4. The molecule has 172 valence electrons. The lowest BCUT2D eigenvalue weighted by Crippen LogP contribution is -2.24. The van der Waals surface area contributed by atoms with E-state index in [1.54, 1.807) is 28.0 Å². The number of ether oxygens (including phenoxy) is 1. The van der Waals surface area contributed by atoms with Gasteiger partial charge >= 0.3 is 0 Å². The highest BCUT2D eigenvalue weighted by molar-refractivity contribution is 7.99. The number of rotatable bonds is 8. The molecule has 0 unspecified atom stereocenters. The Morgan fingerprint density at radius 2 is 1.97 bits per heavy atom. The monoisotopic (exact) mass is 491 g/mol. The lowest BCUT2D eigenvalue weighted by Gasteiger charge is -2.11. The quantitative estimate of drug-likeness (QED) is 0.232. The van der Waals surface area contributed by atoms with Gasteiger partial charge in [0.1, 0.15) is 16.8 Å². The predicted molar refractivity (Wildman–Crippen MR) is 136 cm³/mol. The first-order valence-electron chi connectivity index (χ1n) is 10.7. The van der Waals surface area contributed by atoms with E-state index in [2.05, 4.69) is 5.32 Å². The van der Waals surface area contributed by atoms with Gasteiger partial charge in [-0.3, -0.25) is 14.2 Å². The molecule has 0 radical (unpaired) electrons. The average Bonchev–Trinajstić information content (AvgIpc) is 3.49. The Labute approximate surface area is 203 Å². The van der Waals surface area contributed by atoms with Gasteiger partial charge in [0.05, 0.1) is 18.9 Å².